The van der Waals surface area contributed by atoms with Crippen LogP contribution in [0.5, 0.6) is 0 Å². The number of nitrogens with zero attached hydrogens (tertiary/aromatic N) is 1. The number of rotatable bonds is 2. The molecule has 1 N–H and O–H groups in total. The summed E-state index contributed by atoms with van der Waals surface area (Å²) >= 11 is 12.6. The molecular weight excluding hydrogens is 272 g/mol. The summed E-state index contributed by atoms with van der Waals surface area (Å²) in [4.78, 5) is 4.70. The van der Waals surface area contributed by atoms with Gasteiger partial charge in [0, 0.05) is 5.56 Å². The van der Waals surface area contributed by atoms with Gasteiger partial charge in [0.2, 0.25) is 0 Å². The number of aliphatic hydroxyl groups excluding tert-OH is 1. The second-order valence-corrected chi connectivity index (χ2v) is 5.10. The van der Waals surface area contributed by atoms with Crippen LogP contribution in [0.2, 0.25) is 9.49 Å². The lowest BCUT2D eigenvalue weighted by atomic mass is 10.1. The molecule has 16 heavy (non-hydrogen) atoms. The Kier molecular flexibility index (Phi) is 3.44. The van der Waals surface area contributed by atoms with Gasteiger partial charge in [0.15, 0.2) is 4.47 Å². The van der Waals surface area contributed by atoms with Crippen LogP contribution in [-0.4, -0.2) is 10.1 Å². The van der Waals surface area contributed by atoms with Crippen LogP contribution in [0.1, 0.15) is 4.88 Å². The third-order valence-corrected chi connectivity index (χ3v) is 3.44. The number of benzene rings is 1. The fraction of sp³-hybridized carbons (Fsp3) is 0.100. The molecule has 0 spiro atoms. The van der Waals surface area contributed by atoms with E-state index in [2.05, 4.69) is 4.98 Å². The second-order valence-electron chi connectivity index (χ2n) is 3.03. The summed E-state index contributed by atoms with van der Waals surface area (Å²) in [6.45, 7) is -0.158. The van der Waals surface area contributed by atoms with Crippen molar-refractivity contribution < 1.29 is 9.50 Å². The Hall–Kier alpha value is -0.680. The van der Waals surface area contributed by atoms with Gasteiger partial charge < -0.3 is 5.11 Å². The standard InChI is InChI=1S/C10H6Cl2FNOS/c11-6-3-5(1-2-7(6)13)9-8(4-15)16-10(12)14-9/h1-3,15H,4H2. The molecule has 0 bridgehead atoms. The molecule has 84 valence electrons. The van der Waals surface area contributed by atoms with Gasteiger partial charge in [-0.15, -0.1) is 11.3 Å². The maximum absolute atomic E-state index is 13.0. The molecule has 1 aromatic carbocycles. The summed E-state index contributed by atoms with van der Waals surface area (Å²) in [6.07, 6.45) is 0. The maximum Gasteiger partial charge on any atom is 0.184 e. The molecule has 2 rings (SSSR count). The molecule has 2 aromatic rings. The van der Waals surface area contributed by atoms with E-state index in [1.807, 2.05) is 0 Å². The van der Waals surface area contributed by atoms with Crippen molar-refractivity contribution >= 4 is 34.5 Å². The highest BCUT2D eigenvalue weighted by Crippen LogP contribution is 2.32. The Balaban J connectivity index is 2.53. The Labute approximate surface area is 105 Å². The Morgan fingerprint density at radius 2 is 2.12 bits per heavy atom. The largest absolute Gasteiger partial charge is 0.391 e. The van der Waals surface area contributed by atoms with Crippen LogP contribution in [0.4, 0.5) is 4.39 Å². The fourth-order valence-corrected chi connectivity index (χ4v) is 2.51. The molecule has 0 atom stereocenters. The van der Waals surface area contributed by atoms with Gasteiger partial charge in [-0.25, -0.2) is 9.37 Å². The second kappa shape index (κ2) is 4.67. The Morgan fingerprint density at radius 1 is 1.38 bits per heavy atom. The van der Waals surface area contributed by atoms with Gasteiger partial charge in [-0.3, -0.25) is 0 Å². The lowest BCUT2D eigenvalue weighted by Crippen LogP contribution is -1.86. The van der Waals surface area contributed by atoms with Gasteiger partial charge in [-0.05, 0) is 18.2 Å². The molecule has 0 amide bonds. The minimum atomic E-state index is -0.489. The molecule has 0 aliphatic heterocycles. The summed E-state index contributed by atoms with van der Waals surface area (Å²) in [5.74, 6) is -0.489. The molecule has 2 nitrogen and oxygen atoms in total. The first-order valence-corrected chi connectivity index (χ1v) is 5.90. The number of hydrogen-bond donors (Lipinski definition) is 1. The number of hydrogen-bond acceptors (Lipinski definition) is 3. The lowest BCUT2D eigenvalue weighted by Gasteiger charge is -2.01. The van der Waals surface area contributed by atoms with E-state index in [1.165, 1.54) is 23.5 Å². The van der Waals surface area contributed by atoms with E-state index in [0.717, 1.165) is 0 Å². The highest BCUT2D eigenvalue weighted by Gasteiger charge is 2.12. The van der Waals surface area contributed by atoms with Gasteiger partial charge in [0.05, 0.1) is 22.2 Å². The van der Waals surface area contributed by atoms with Crippen molar-refractivity contribution in [2.45, 2.75) is 6.61 Å². The molecule has 0 saturated carbocycles. The molecule has 0 unspecified atom stereocenters. The van der Waals surface area contributed by atoms with E-state index in [4.69, 9.17) is 28.3 Å². The van der Waals surface area contributed by atoms with Crippen molar-refractivity contribution in [1.29, 1.82) is 0 Å². The summed E-state index contributed by atoms with van der Waals surface area (Å²) in [5.41, 5.74) is 1.18. The van der Waals surface area contributed by atoms with Gasteiger partial charge in [-0.1, -0.05) is 23.2 Å². The van der Waals surface area contributed by atoms with Crippen molar-refractivity contribution in [2.24, 2.45) is 0 Å². The average Bonchev–Trinajstić information content (AvgIpc) is 2.63. The van der Waals surface area contributed by atoms with Gasteiger partial charge >= 0.3 is 0 Å². The topological polar surface area (TPSA) is 33.1 Å². The molecule has 0 fully saturated rings. The number of thiazole rings is 1. The zero-order valence-corrected chi connectivity index (χ0v) is 10.2. The average molecular weight is 278 g/mol. The van der Waals surface area contributed by atoms with Crippen LogP contribution in [-0.2, 0) is 6.61 Å². The SMILES string of the molecule is OCc1sc(Cl)nc1-c1ccc(F)c(Cl)c1. The first-order chi connectivity index (χ1) is 7.61. The molecule has 0 aliphatic rings. The highest BCUT2D eigenvalue weighted by molar-refractivity contribution is 7.16. The Morgan fingerprint density at radius 3 is 2.75 bits per heavy atom. The first kappa shape index (κ1) is 11.8. The van der Waals surface area contributed by atoms with Crippen LogP contribution in [0.25, 0.3) is 11.3 Å². The minimum Gasteiger partial charge on any atom is -0.391 e. The van der Waals surface area contributed by atoms with Gasteiger partial charge in [-0.2, -0.15) is 0 Å². The third kappa shape index (κ3) is 2.20. The van der Waals surface area contributed by atoms with E-state index in [9.17, 15) is 4.39 Å². The molecule has 6 heteroatoms. The van der Waals surface area contributed by atoms with Crippen LogP contribution in [0.15, 0.2) is 18.2 Å². The summed E-state index contributed by atoms with van der Waals surface area (Å²) in [7, 11) is 0. The summed E-state index contributed by atoms with van der Waals surface area (Å²) < 4.78 is 13.3. The molecule has 1 heterocycles. The zero-order valence-electron chi connectivity index (χ0n) is 7.88. The van der Waals surface area contributed by atoms with Gasteiger partial charge in [0.1, 0.15) is 5.82 Å². The van der Waals surface area contributed by atoms with Crippen molar-refractivity contribution in [3.63, 3.8) is 0 Å². The summed E-state index contributed by atoms with van der Waals surface area (Å²) in [5, 5.41) is 9.14. The quantitative estimate of drug-likeness (QED) is 0.907. The monoisotopic (exact) mass is 277 g/mol. The van der Waals surface area contributed by atoms with Gasteiger partial charge in [0.25, 0.3) is 0 Å². The third-order valence-electron chi connectivity index (χ3n) is 2.01. The van der Waals surface area contributed by atoms with E-state index >= 15 is 0 Å². The number of halogens is 3. The predicted molar refractivity (Wildman–Crippen MR) is 63.5 cm³/mol. The van der Waals surface area contributed by atoms with Crippen molar-refractivity contribution in [2.75, 3.05) is 0 Å². The smallest absolute Gasteiger partial charge is 0.184 e. The normalized spacial score (nSPS) is 10.8. The van der Waals surface area contributed by atoms with Crippen LogP contribution < -0.4 is 0 Å². The molecule has 0 saturated heterocycles. The predicted octanol–water partition coefficient (Wildman–Crippen LogP) is 3.75. The van der Waals surface area contributed by atoms with Crippen LogP contribution >= 0.6 is 34.5 Å². The molecular formula is C10H6Cl2FNOS. The van der Waals surface area contributed by atoms with E-state index in [0.29, 0.717) is 20.6 Å². The summed E-state index contributed by atoms with van der Waals surface area (Å²) in [6, 6.07) is 4.26. The van der Waals surface area contributed by atoms with Crippen molar-refractivity contribution in [1.82, 2.24) is 4.98 Å². The minimum absolute atomic E-state index is 0.0190. The van der Waals surface area contributed by atoms with Crippen LogP contribution in [0, 0.1) is 5.82 Å². The highest BCUT2D eigenvalue weighted by atomic mass is 35.5. The first-order valence-electron chi connectivity index (χ1n) is 4.33. The molecule has 0 aliphatic carbocycles. The lowest BCUT2D eigenvalue weighted by molar-refractivity contribution is 0.286. The van der Waals surface area contributed by atoms with E-state index in [-0.39, 0.29) is 11.6 Å². The zero-order chi connectivity index (χ0) is 11.7. The number of aromatic nitrogens is 1. The van der Waals surface area contributed by atoms with Crippen molar-refractivity contribution in [3.8, 4) is 11.3 Å². The van der Waals surface area contributed by atoms with E-state index in [1.54, 1.807) is 6.07 Å². The Bertz CT molecular complexity index is 530. The van der Waals surface area contributed by atoms with Crippen molar-refractivity contribution in [3.05, 3.63) is 38.4 Å². The maximum atomic E-state index is 13.0. The van der Waals surface area contributed by atoms with E-state index < -0.39 is 5.82 Å². The molecule has 1 aromatic heterocycles. The van der Waals surface area contributed by atoms with Crippen LogP contribution in [0.3, 0.4) is 0 Å². The fourth-order valence-electron chi connectivity index (χ4n) is 1.30. The molecule has 0 radical (unpaired) electrons. The number of aliphatic hydroxyl groups is 1.